The minimum atomic E-state index is 0.199. The van der Waals surface area contributed by atoms with Crippen molar-refractivity contribution < 1.29 is 9.90 Å². The number of hydrogen-bond donors (Lipinski definition) is 1. The minimum absolute atomic E-state index is 0.199. The maximum Gasteiger partial charge on any atom is 0.129 e. The summed E-state index contributed by atoms with van der Waals surface area (Å²) in [5, 5.41) is 8.90. The Bertz CT molecular complexity index is 119. The van der Waals surface area contributed by atoms with Crippen LogP contribution < -0.4 is 0 Å². The molecule has 66 valence electrons. The predicted molar refractivity (Wildman–Crippen MR) is 45.3 cm³/mol. The molecule has 0 bridgehead atoms. The summed E-state index contributed by atoms with van der Waals surface area (Å²) in [6.45, 7) is 5.93. The molecular formula is C9H18O2. The van der Waals surface area contributed by atoms with Gasteiger partial charge in [0.1, 0.15) is 5.78 Å². The first kappa shape index (κ1) is 10.6. The Balaban J connectivity index is 3.61. The van der Waals surface area contributed by atoms with E-state index < -0.39 is 0 Å². The summed E-state index contributed by atoms with van der Waals surface area (Å²) in [5.74, 6) is 0.974. The lowest BCUT2D eigenvalue weighted by molar-refractivity contribution is -0.117. The van der Waals surface area contributed by atoms with Gasteiger partial charge in [0.05, 0.1) is 0 Å². The number of aliphatic hydroxyl groups excluding tert-OH is 1. The van der Waals surface area contributed by atoms with Crippen molar-refractivity contribution in [1.82, 2.24) is 0 Å². The average Bonchev–Trinajstić information content (AvgIpc) is 1.87. The summed E-state index contributed by atoms with van der Waals surface area (Å²) in [5.41, 5.74) is 0. The first-order valence-corrected chi connectivity index (χ1v) is 4.18. The molecular weight excluding hydrogens is 140 g/mol. The van der Waals surface area contributed by atoms with Crippen molar-refractivity contribution in [2.75, 3.05) is 6.61 Å². The fraction of sp³-hybridized carbons (Fsp3) is 0.889. The number of carbonyl (C=O) groups is 1. The molecule has 0 fully saturated rings. The second kappa shape index (κ2) is 5.30. The van der Waals surface area contributed by atoms with Crippen LogP contribution in [-0.4, -0.2) is 17.5 Å². The van der Waals surface area contributed by atoms with Gasteiger partial charge in [0.2, 0.25) is 0 Å². The highest BCUT2D eigenvalue weighted by molar-refractivity contribution is 5.75. The van der Waals surface area contributed by atoms with Crippen LogP contribution in [0.4, 0.5) is 0 Å². The van der Waals surface area contributed by atoms with E-state index in [1.165, 1.54) is 0 Å². The van der Waals surface area contributed by atoms with Crippen LogP contribution in [0.5, 0.6) is 0 Å². The van der Waals surface area contributed by atoms with Gasteiger partial charge in [-0.1, -0.05) is 13.8 Å². The van der Waals surface area contributed by atoms with E-state index in [0.717, 1.165) is 6.42 Å². The number of rotatable bonds is 5. The summed E-state index contributed by atoms with van der Waals surface area (Å²) < 4.78 is 0. The van der Waals surface area contributed by atoms with E-state index in [0.29, 0.717) is 18.3 Å². The third-order valence-corrected chi connectivity index (χ3v) is 2.04. The highest BCUT2D eigenvalue weighted by atomic mass is 16.3. The van der Waals surface area contributed by atoms with Gasteiger partial charge in [-0.05, 0) is 25.2 Å². The standard InChI is InChI=1S/C9H18O2/c1-7(2)9(6-10)5-4-8(3)11/h7,9-10H,4-6H2,1-3H3. The molecule has 1 unspecified atom stereocenters. The molecule has 0 spiro atoms. The minimum Gasteiger partial charge on any atom is -0.396 e. The fourth-order valence-corrected chi connectivity index (χ4v) is 1.02. The van der Waals surface area contributed by atoms with Gasteiger partial charge in [0, 0.05) is 13.0 Å². The first-order valence-electron chi connectivity index (χ1n) is 4.18. The van der Waals surface area contributed by atoms with Crippen molar-refractivity contribution in [2.45, 2.75) is 33.6 Å². The average molecular weight is 158 g/mol. The summed E-state index contributed by atoms with van der Waals surface area (Å²) >= 11 is 0. The van der Waals surface area contributed by atoms with Crippen LogP contribution >= 0.6 is 0 Å². The van der Waals surface area contributed by atoms with Crippen LogP contribution in [0.2, 0.25) is 0 Å². The van der Waals surface area contributed by atoms with Gasteiger partial charge >= 0.3 is 0 Å². The van der Waals surface area contributed by atoms with Crippen LogP contribution in [0.15, 0.2) is 0 Å². The Kier molecular flexibility index (Phi) is 5.12. The predicted octanol–water partition coefficient (Wildman–Crippen LogP) is 1.62. The molecule has 0 radical (unpaired) electrons. The number of carbonyl (C=O) groups excluding carboxylic acids is 1. The molecule has 1 atom stereocenters. The van der Waals surface area contributed by atoms with E-state index in [1.807, 2.05) is 0 Å². The molecule has 0 aromatic heterocycles. The zero-order valence-electron chi connectivity index (χ0n) is 7.63. The number of hydrogen-bond acceptors (Lipinski definition) is 2. The number of aliphatic hydroxyl groups is 1. The second-order valence-electron chi connectivity index (χ2n) is 3.43. The molecule has 11 heavy (non-hydrogen) atoms. The smallest absolute Gasteiger partial charge is 0.129 e. The maximum absolute atomic E-state index is 10.6. The SMILES string of the molecule is CC(=O)CCC(CO)C(C)C. The van der Waals surface area contributed by atoms with Crippen molar-refractivity contribution in [3.05, 3.63) is 0 Å². The van der Waals surface area contributed by atoms with Gasteiger partial charge in [-0.2, -0.15) is 0 Å². The van der Waals surface area contributed by atoms with E-state index in [-0.39, 0.29) is 12.4 Å². The maximum atomic E-state index is 10.6. The van der Waals surface area contributed by atoms with E-state index in [9.17, 15) is 4.79 Å². The summed E-state index contributed by atoms with van der Waals surface area (Å²) in [4.78, 5) is 10.6. The van der Waals surface area contributed by atoms with Gasteiger partial charge in [-0.3, -0.25) is 0 Å². The monoisotopic (exact) mass is 158 g/mol. The zero-order valence-corrected chi connectivity index (χ0v) is 7.63. The van der Waals surface area contributed by atoms with Crippen LogP contribution in [0.1, 0.15) is 33.6 Å². The largest absolute Gasteiger partial charge is 0.396 e. The fourth-order valence-electron chi connectivity index (χ4n) is 1.02. The highest BCUT2D eigenvalue weighted by Crippen LogP contribution is 2.16. The van der Waals surface area contributed by atoms with Gasteiger partial charge in [-0.15, -0.1) is 0 Å². The molecule has 0 saturated carbocycles. The molecule has 0 aromatic carbocycles. The molecule has 2 heteroatoms. The van der Waals surface area contributed by atoms with Crippen LogP contribution in [0, 0.1) is 11.8 Å². The Labute approximate surface area is 68.6 Å². The lowest BCUT2D eigenvalue weighted by Crippen LogP contribution is -2.14. The molecule has 0 aliphatic rings. The van der Waals surface area contributed by atoms with Gasteiger partial charge < -0.3 is 9.90 Å². The van der Waals surface area contributed by atoms with Crippen molar-refractivity contribution in [1.29, 1.82) is 0 Å². The van der Waals surface area contributed by atoms with Crippen LogP contribution in [0.25, 0.3) is 0 Å². The highest BCUT2D eigenvalue weighted by Gasteiger charge is 2.12. The van der Waals surface area contributed by atoms with Crippen molar-refractivity contribution in [2.24, 2.45) is 11.8 Å². The first-order chi connectivity index (χ1) is 5.07. The van der Waals surface area contributed by atoms with Gasteiger partial charge in [0.25, 0.3) is 0 Å². The van der Waals surface area contributed by atoms with Crippen LogP contribution in [-0.2, 0) is 4.79 Å². The summed E-state index contributed by atoms with van der Waals surface area (Å²) in [6, 6.07) is 0. The molecule has 0 amide bonds. The zero-order chi connectivity index (χ0) is 8.85. The van der Waals surface area contributed by atoms with Crippen molar-refractivity contribution >= 4 is 5.78 Å². The molecule has 2 nitrogen and oxygen atoms in total. The van der Waals surface area contributed by atoms with E-state index in [1.54, 1.807) is 6.92 Å². The summed E-state index contributed by atoms with van der Waals surface area (Å²) in [7, 11) is 0. The Morgan fingerprint density at radius 2 is 2.00 bits per heavy atom. The molecule has 1 N–H and O–H groups in total. The third-order valence-electron chi connectivity index (χ3n) is 2.04. The Morgan fingerprint density at radius 3 is 2.27 bits per heavy atom. The lowest BCUT2D eigenvalue weighted by Gasteiger charge is -2.16. The third kappa shape index (κ3) is 4.96. The van der Waals surface area contributed by atoms with Gasteiger partial charge in [-0.25, -0.2) is 0 Å². The molecule has 0 heterocycles. The van der Waals surface area contributed by atoms with E-state index in [4.69, 9.17) is 5.11 Å². The van der Waals surface area contributed by atoms with E-state index in [2.05, 4.69) is 13.8 Å². The van der Waals surface area contributed by atoms with Crippen molar-refractivity contribution in [3.8, 4) is 0 Å². The molecule has 0 rings (SSSR count). The molecule has 0 saturated heterocycles. The second-order valence-corrected chi connectivity index (χ2v) is 3.43. The normalized spacial score (nSPS) is 13.5. The summed E-state index contributed by atoms with van der Waals surface area (Å²) in [6.07, 6.45) is 1.42. The Hall–Kier alpha value is -0.370. The Morgan fingerprint density at radius 1 is 1.45 bits per heavy atom. The van der Waals surface area contributed by atoms with Crippen molar-refractivity contribution in [3.63, 3.8) is 0 Å². The molecule has 0 aliphatic heterocycles. The number of Topliss-reactive ketones (excluding diaryl/α,β-unsaturated/α-hetero) is 1. The number of ketones is 1. The molecule has 0 aliphatic carbocycles. The van der Waals surface area contributed by atoms with E-state index >= 15 is 0 Å². The van der Waals surface area contributed by atoms with Gasteiger partial charge in [0.15, 0.2) is 0 Å². The lowest BCUT2D eigenvalue weighted by atomic mass is 9.91. The molecule has 0 aromatic rings. The quantitative estimate of drug-likeness (QED) is 0.660. The van der Waals surface area contributed by atoms with Crippen LogP contribution in [0.3, 0.4) is 0 Å². The topological polar surface area (TPSA) is 37.3 Å².